The molecule has 0 bridgehead atoms. The summed E-state index contributed by atoms with van der Waals surface area (Å²) in [5, 5.41) is 8.96. The van der Waals surface area contributed by atoms with Crippen molar-refractivity contribution in [2.45, 2.75) is 0 Å². The summed E-state index contributed by atoms with van der Waals surface area (Å²) in [5.74, 6) is -0.322. The second kappa shape index (κ2) is 4.46. The summed E-state index contributed by atoms with van der Waals surface area (Å²) in [5.41, 5.74) is 1.98. The molecular weight excluding hydrogens is 269 g/mol. The largest absolute Gasteiger partial charge is 0.207 e. The molecule has 0 fully saturated rings. The molecule has 0 aromatic heterocycles. The van der Waals surface area contributed by atoms with Crippen molar-refractivity contribution in [2.24, 2.45) is 0 Å². The van der Waals surface area contributed by atoms with Crippen molar-refractivity contribution in [1.29, 1.82) is 5.26 Å². The Hall–Kier alpha value is -1.66. The lowest BCUT2D eigenvalue weighted by Gasteiger charge is -2.04. The van der Waals surface area contributed by atoms with E-state index >= 15 is 0 Å². The summed E-state index contributed by atoms with van der Waals surface area (Å²) in [6.45, 7) is 0. The highest BCUT2D eigenvalue weighted by molar-refractivity contribution is 9.10. The van der Waals surface area contributed by atoms with Crippen LogP contribution >= 0.6 is 15.9 Å². The van der Waals surface area contributed by atoms with Gasteiger partial charge in [-0.1, -0.05) is 34.1 Å². The lowest BCUT2D eigenvalue weighted by molar-refractivity contribution is 0.627. The normalized spacial score (nSPS) is 9.81. The number of hydrogen-bond acceptors (Lipinski definition) is 1. The van der Waals surface area contributed by atoms with Crippen LogP contribution in [0.3, 0.4) is 0 Å². The average molecular weight is 276 g/mol. The van der Waals surface area contributed by atoms with Crippen molar-refractivity contribution in [2.75, 3.05) is 0 Å². The standard InChI is InChI=1S/C13H7BrFN/c14-11-5-10(6-12(15)7-11)13-4-2-1-3-9(13)8-16/h1-7H. The van der Waals surface area contributed by atoms with Gasteiger partial charge in [0.25, 0.3) is 0 Å². The molecule has 0 heterocycles. The third kappa shape index (κ3) is 2.12. The summed E-state index contributed by atoms with van der Waals surface area (Å²) in [6.07, 6.45) is 0. The maximum atomic E-state index is 13.2. The maximum Gasteiger partial charge on any atom is 0.124 e. The van der Waals surface area contributed by atoms with E-state index in [0.717, 1.165) is 5.56 Å². The predicted molar refractivity (Wildman–Crippen MR) is 64.3 cm³/mol. The molecule has 3 heteroatoms. The maximum absolute atomic E-state index is 13.2. The van der Waals surface area contributed by atoms with Crippen molar-refractivity contribution in [3.05, 3.63) is 58.3 Å². The molecule has 0 radical (unpaired) electrons. The van der Waals surface area contributed by atoms with Gasteiger partial charge < -0.3 is 0 Å². The van der Waals surface area contributed by atoms with E-state index in [1.165, 1.54) is 12.1 Å². The zero-order chi connectivity index (χ0) is 11.5. The molecule has 0 saturated heterocycles. The number of benzene rings is 2. The highest BCUT2D eigenvalue weighted by atomic mass is 79.9. The minimum Gasteiger partial charge on any atom is -0.207 e. The van der Waals surface area contributed by atoms with Crippen LogP contribution in [0.1, 0.15) is 5.56 Å². The van der Waals surface area contributed by atoms with Crippen LogP contribution in [0, 0.1) is 17.1 Å². The SMILES string of the molecule is N#Cc1ccccc1-c1cc(F)cc(Br)c1. The van der Waals surface area contributed by atoms with Crippen molar-refractivity contribution in [3.8, 4) is 17.2 Å². The van der Waals surface area contributed by atoms with Gasteiger partial charge in [-0.2, -0.15) is 5.26 Å². The van der Waals surface area contributed by atoms with Gasteiger partial charge in [0.15, 0.2) is 0 Å². The van der Waals surface area contributed by atoms with E-state index in [1.807, 2.05) is 6.07 Å². The molecule has 0 aliphatic heterocycles. The molecule has 16 heavy (non-hydrogen) atoms. The van der Waals surface area contributed by atoms with Crippen molar-refractivity contribution in [3.63, 3.8) is 0 Å². The van der Waals surface area contributed by atoms with Gasteiger partial charge in [-0.15, -0.1) is 0 Å². The number of nitrogens with zero attached hydrogens (tertiary/aromatic N) is 1. The summed E-state index contributed by atoms with van der Waals surface area (Å²) in [4.78, 5) is 0. The van der Waals surface area contributed by atoms with Crippen molar-refractivity contribution in [1.82, 2.24) is 0 Å². The first-order valence-electron chi connectivity index (χ1n) is 4.66. The average Bonchev–Trinajstić information content (AvgIpc) is 2.27. The van der Waals surface area contributed by atoms with Gasteiger partial charge in [-0.05, 0) is 35.4 Å². The molecule has 2 aromatic carbocycles. The van der Waals surface area contributed by atoms with Crippen LogP contribution in [-0.2, 0) is 0 Å². The molecule has 0 aliphatic carbocycles. The zero-order valence-electron chi connectivity index (χ0n) is 8.24. The highest BCUT2D eigenvalue weighted by Crippen LogP contribution is 2.27. The second-order valence-corrected chi connectivity index (χ2v) is 4.23. The lowest BCUT2D eigenvalue weighted by atomic mass is 10.0. The molecular formula is C13H7BrFN. The number of nitriles is 1. The molecule has 0 N–H and O–H groups in total. The van der Waals surface area contributed by atoms with Crippen LogP contribution < -0.4 is 0 Å². The van der Waals surface area contributed by atoms with E-state index < -0.39 is 0 Å². The Morgan fingerprint density at radius 3 is 2.56 bits per heavy atom. The van der Waals surface area contributed by atoms with E-state index in [4.69, 9.17) is 5.26 Å². The van der Waals surface area contributed by atoms with Crippen LogP contribution in [0.4, 0.5) is 4.39 Å². The fourth-order valence-corrected chi connectivity index (χ4v) is 2.01. The first-order valence-corrected chi connectivity index (χ1v) is 5.45. The quantitative estimate of drug-likeness (QED) is 0.768. The van der Waals surface area contributed by atoms with Crippen LogP contribution in [0.2, 0.25) is 0 Å². The minimum atomic E-state index is -0.322. The summed E-state index contributed by atoms with van der Waals surface area (Å²) in [6, 6.07) is 13.8. The van der Waals surface area contributed by atoms with E-state index in [1.54, 1.807) is 24.3 Å². The molecule has 0 amide bonds. The molecule has 0 atom stereocenters. The van der Waals surface area contributed by atoms with Gasteiger partial charge in [-0.3, -0.25) is 0 Å². The van der Waals surface area contributed by atoms with Crippen LogP contribution in [-0.4, -0.2) is 0 Å². The first kappa shape index (κ1) is 10.8. The third-order valence-corrected chi connectivity index (χ3v) is 2.68. The van der Waals surface area contributed by atoms with Gasteiger partial charge in [0.1, 0.15) is 5.82 Å². The van der Waals surface area contributed by atoms with Gasteiger partial charge in [-0.25, -0.2) is 4.39 Å². The van der Waals surface area contributed by atoms with Crippen LogP contribution in [0.25, 0.3) is 11.1 Å². The fourth-order valence-electron chi connectivity index (χ4n) is 1.54. The smallest absolute Gasteiger partial charge is 0.124 e. The predicted octanol–water partition coefficient (Wildman–Crippen LogP) is 4.13. The Balaban J connectivity index is 2.63. The van der Waals surface area contributed by atoms with Gasteiger partial charge >= 0.3 is 0 Å². The van der Waals surface area contributed by atoms with E-state index in [-0.39, 0.29) is 5.82 Å². The number of hydrogen-bond donors (Lipinski definition) is 0. The van der Waals surface area contributed by atoms with Gasteiger partial charge in [0.05, 0.1) is 11.6 Å². The zero-order valence-corrected chi connectivity index (χ0v) is 9.83. The number of rotatable bonds is 1. The van der Waals surface area contributed by atoms with E-state index in [2.05, 4.69) is 22.0 Å². The Morgan fingerprint density at radius 1 is 1.12 bits per heavy atom. The summed E-state index contributed by atoms with van der Waals surface area (Å²) >= 11 is 3.23. The fraction of sp³-hybridized carbons (Fsp3) is 0. The Morgan fingerprint density at radius 2 is 1.88 bits per heavy atom. The molecule has 1 nitrogen and oxygen atoms in total. The monoisotopic (exact) mass is 275 g/mol. The van der Waals surface area contributed by atoms with E-state index in [9.17, 15) is 4.39 Å². The highest BCUT2D eigenvalue weighted by Gasteiger charge is 2.06. The minimum absolute atomic E-state index is 0.322. The summed E-state index contributed by atoms with van der Waals surface area (Å²) in [7, 11) is 0. The summed E-state index contributed by atoms with van der Waals surface area (Å²) < 4.78 is 13.9. The second-order valence-electron chi connectivity index (χ2n) is 3.32. The molecule has 2 rings (SSSR count). The van der Waals surface area contributed by atoms with Crippen LogP contribution in [0.15, 0.2) is 46.9 Å². The van der Waals surface area contributed by atoms with Gasteiger partial charge in [0.2, 0.25) is 0 Å². The van der Waals surface area contributed by atoms with Gasteiger partial charge in [0, 0.05) is 4.47 Å². The van der Waals surface area contributed by atoms with E-state index in [0.29, 0.717) is 15.6 Å². The molecule has 2 aromatic rings. The third-order valence-electron chi connectivity index (χ3n) is 2.22. The molecule has 78 valence electrons. The topological polar surface area (TPSA) is 23.8 Å². The molecule has 0 saturated carbocycles. The first-order chi connectivity index (χ1) is 7.70. The van der Waals surface area contributed by atoms with Crippen molar-refractivity contribution < 1.29 is 4.39 Å². The Bertz CT molecular complexity index is 552. The lowest BCUT2D eigenvalue weighted by Crippen LogP contribution is -1.85. The van der Waals surface area contributed by atoms with Crippen molar-refractivity contribution >= 4 is 15.9 Å². The number of halogens is 2. The Labute approximate surface area is 101 Å². The van der Waals surface area contributed by atoms with Crippen LogP contribution in [0.5, 0.6) is 0 Å². The molecule has 0 spiro atoms. The molecule has 0 unspecified atom stereocenters. The Kier molecular flexibility index (Phi) is 3.02. The molecule has 0 aliphatic rings.